The Morgan fingerprint density at radius 3 is 0.840 bits per heavy atom. The number of phosphoric ester groups is 2. The molecule has 0 aliphatic heterocycles. The molecule has 5 atom stereocenters. The second-order valence-corrected chi connectivity index (χ2v) is 29.5. The number of hydrogen-bond acceptors (Lipinski definition) is 15. The zero-order valence-electron chi connectivity index (χ0n) is 66.1. The summed E-state index contributed by atoms with van der Waals surface area (Å²) < 4.78 is 68.6. The van der Waals surface area contributed by atoms with Gasteiger partial charge in [0.25, 0.3) is 0 Å². The Morgan fingerprint density at radius 1 is 0.274 bits per heavy atom. The molecular weight excluding hydrogens is 1380 g/mol. The summed E-state index contributed by atoms with van der Waals surface area (Å²) in [7, 11) is -10.0. The molecule has 0 aliphatic rings. The Morgan fingerprint density at radius 2 is 0.509 bits per heavy atom. The molecular formula is C87H144O17P2. The third kappa shape index (κ3) is 76.9. The van der Waals surface area contributed by atoms with E-state index in [1.54, 1.807) is 0 Å². The first-order chi connectivity index (χ1) is 51.7. The van der Waals surface area contributed by atoms with Crippen molar-refractivity contribution in [2.24, 2.45) is 0 Å². The fraction of sp³-hybridized carbons (Fsp3) is 0.655. The van der Waals surface area contributed by atoms with Crippen LogP contribution in [0.1, 0.15) is 310 Å². The number of carbonyl (C=O) groups excluding carboxylic acids is 4. The fourth-order valence-electron chi connectivity index (χ4n) is 10.3. The molecule has 0 aromatic heterocycles. The SMILES string of the molecule is CC/C=C\C/C=C\C/C=C\C/C=C\C/C=C\C/C=C\CCC(=O)OCC(COP(=O)(O)OCC(O)COP(=O)(O)OCC(COC(=O)CCCCCCC/C=C\C/C=C\CCCCC)OC(=O)CCCCCCC/C=C\CCCCCCCC)OC(=O)CCCCCC/C=C\C/C=C\C/C=C\C/C=C\CC. The molecule has 0 rings (SSSR count). The molecule has 19 heteroatoms. The Kier molecular flexibility index (Phi) is 73.9. The molecule has 0 spiro atoms. The van der Waals surface area contributed by atoms with Gasteiger partial charge in [-0.2, -0.15) is 0 Å². The van der Waals surface area contributed by atoms with Gasteiger partial charge in [-0.3, -0.25) is 37.3 Å². The van der Waals surface area contributed by atoms with E-state index in [1.165, 1.54) is 57.8 Å². The summed E-state index contributed by atoms with van der Waals surface area (Å²) in [5, 5.41) is 10.7. The van der Waals surface area contributed by atoms with Crippen molar-refractivity contribution >= 4 is 39.5 Å². The highest BCUT2D eigenvalue weighted by Crippen LogP contribution is 2.45. The number of unbranched alkanes of at least 4 members (excludes halogenated alkanes) is 23. The molecule has 0 saturated carbocycles. The molecule has 0 radical (unpaired) electrons. The van der Waals surface area contributed by atoms with E-state index in [1.807, 2.05) is 18.2 Å². The topological polar surface area (TPSA) is 237 Å². The van der Waals surface area contributed by atoms with Crippen LogP contribution in [0.15, 0.2) is 158 Å². The van der Waals surface area contributed by atoms with E-state index in [4.69, 9.17) is 37.0 Å². The number of esters is 4. The van der Waals surface area contributed by atoms with Gasteiger partial charge in [-0.1, -0.05) is 282 Å². The second kappa shape index (κ2) is 77.8. The van der Waals surface area contributed by atoms with Crippen LogP contribution in [0.25, 0.3) is 0 Å². The van der Waals surface area contributed by atoms with Crippen LogP contribution in [0, 0.1) is 0 Å². The number of rotatable bonds is 75. The predicted octanol–water partition coefficient (Wildman–Crippen LogP) is 24.0. The Hall–Kier alpha value is -5.32. The minimum atomic E-state index is -5.01. The number of phosphoric acid groups is 2. The summed E-state index contributed by atoms with van der Waals surface area (Å²) in [6.45, 7) is 4.48. The molecule has 0 aliphatic carbocycles. The fourth-order valence-corrected chi connectivity index (χ4v) is 11.9. The molecule has 106 heavy (non-hydrogen) atoms. The maximum absolute atomic E-state index is 13.1. The quantitative estimate of drug-likeness (QED) is 0.0169. The zero-order chi connectivity index (χ0) is 77.4. The summed E-state index contributed by atoms with van der Waals surface area (Å²) in [6.07, 6.45) is 90.9. The molecule has 3 N–H and O–H groups in total. The van der Waals surface area contributed by atoms with E-state index >= 15 is 0 Å². The van der Waals surface area contributed by atoms with Crippen LogP contribution in [0.5, 0.6) is 0 Å². The summed E-state index contributed by atoms with van der Waals surface area (Å²) in [5.74, 6) is -2.33. The van der Waals surface area contributed by atoms with Crippen LogP contribution in [-0.4, -0.2) is 96.7 Å². The summed E-state index contributed by atoms with van der Waals surface area (Å²) in [6, 6.07) is 0. The van der Waals surface area contributed by atoms with Gasteiger partial charge in [0.2, 0.25) is 0 Å². The van der Waals surface area contributed by atoms with Crippen molar-refractivity contribution in [3.63, 3.8) is 0 Å². The van der Waals surface area contributed by atoms with Gasteiger partial charge in [0.05, 0.1) is 26.4 Å². The normalized spacial score (nSPS) is 14.7. The summed E-state index contributed by atoms with van der Waals surface area (Å²) in [5.41, 5.74) is 0. The highest BCUT2D eigenvalue weighted by atomic mass is 31.2. The van der Waals surface area contributed by atoms with E-state index in [2.05, 4.69) is 167 Å². The minimum absolute atomic E-state index is 0.0249. The molecule has 0 bridgehead atoms. The first-order valence-corrected chi connectivity index (χ1v) is 43.7. The number of carbonyl (C=O) groups is 4. The first kappa shape index (κ1) is 101. The molecule has 17 nitrogen and oxygen atoms in total. The van der Waals surface area contributed by atoms with Crippen molar-refractivity contribution in [3.8, 4) is 0 Å². The lowest BCUT2D eigenvalue weighted by Crippen LogP contribution is -2.30. The average molecular weight is 1520 g/mol. The van der Waals surface area contributed by atoms with Gasteiger partial charge >= 0.3 is 39.5 Å². The maximum atomic E-state index is 13.1. The van der Waals surface area contributed by atoms with Gasteiger partial charge in [-0.15, -0.1) is 0 Å². The van der Waals surface area contributed by atoms with Gasteiger partial charge in [0.15, 0.2) is 12.2 Å². The highest BCUT2D eigenvalue weighted by Gasteiger charge is 2.30. The largest absolute Gasteiger partial charge is 0.472 e. The van der Waals surface area contributed by atoms with Gasteiger partial charge in [0.1, 0.15) is 19.3 Å². The molecule has 0 heterocycles. The second-order valence-electron chi connectivity index (χ2n) is 26.6. The predicted molar refractivity (Wildman–Crippen MR) is 436 cm³/mol. The maximum Gasteiger partial charge on any atom is 0.472 e. The van der Waals surface area contributed by atoms with Crippen molar-refractivity contribution in [3.05, 3.63) is 158 Å². The number of aliphatic hydroxyl groups is 1. The van der Waals surface area contributed by atoms with Gasteiger partial charge < -0.3 is 33.8 Å². The molecule has 0 aromatic rings. The van der Waals surface area contributed by atoms with Crippen molar-refractivity contribution < 1.29 is 80.2 Å². The van der Waals surface area contributed by atoms with Crippen molar-refractivity contribution in [2.45, 2.75) is 329 Å². The number of aliphatic hydroxyl groups excluding tert-OH is 1. The zero-order valence-corrected chi connectivity index (χ0v) is 67.8. The lowest BCUT2D eigenvalue weighted by atomic mass is 10.1. The number of hydrogen-bond donors (Lipinski definition) is 3. The van der Waals surface area contributed by atoms with E-state index < -0.39 is 97.5 Å². The monoisotopic (exact) mass is 1520 g/mol. The molecule has 5 unspecified atom stereocenters. The van der Waals surface area contributed by atoms with Gasteiger partial charge in [-0.05, 0) is 161 Å². The minimum Gasteiger partial charge on any atom is -0.462 e. The van der Waals surface area contributed by atoms with E-state index in [0.717, 1.165) is 167 Å². The van der Waals surface area contributed by atoms with Crippen molar-refractivity contribution in [2.75, 3.05) is 39.6 Å². The average Bonchev–Trinajstić information content (AvgIpc) is 0.902. The molecule has 0 saturated heterocycles. The van der Waals surface area contributed by atoms with Crippen molar-refractivity contribution in [1.29, 1.82) is 0 Å². The molecule has 604 valence electrons. The Labute approximate surface area is 642 Å². The molecule has 0 amide bonds. The lowest BCUT2D eigenvalue weighted by molar-refractivity contribution is -0.161. The first-order valence-electron chi connectivity index (χ1n) is 40.7. The number of ether oxygens (including phenoxy) is 4. The Bertz CT molecular complexity index is 2630. The van der Waals surface area contributed by atoms with Gasteiger partial charge in [-0.25, -0.2) is 9.13 Å². The van der Waals surface area contributed by atoms with Crippen LogP contribution in [0.4, 0.5) is 0 Å². The third-order valence-electron chi connectivity index (χ3n) is 16.5. The number of allylic oxidation sites excluding steroid dienone is 26. The van der Waals surface area contributed by atoms with Crippen LogP contribution in [0.3, 0.4) is 0 Å². The Balaban J connectivity index is 5.49. The smallest absolute Gasteiger partial charge is 0.462 e. The summed E-state index contributed by atoms with van der Waals surface area (Å²) >= 11 is 0. The van der Waals surface area contributed by atoms with E-state index in [-0.39, 0.29) is 25.7 Å². The van der Waals surface area contributed by atoms with Crippen molar-refractivity contribution in [1.82, 2.24) is 0 Å². The highest BCUT2D eigenvalue weighted by molar-refractivity contribution is 7.47. The standard InChI is InChI=1S/C87H144O17P2/c1-5-9-13-17-21-25-29-33-37-39-40-42-45-48-52-56-60-64-68-72-85(90)98-78-83(104-87(92)74-70-66-62-58-54-50-46-41-38-34-30-26-22-18-14-10-6-2)80-102-106(95,96)100-76-81(88)75-99-105(93,94)101-79-82(103-86(91)73-69-65-61-57-53-49-44-36-32-28-24-20-16-12-8-4)77-97-84(89)71-67-63-59-55-51-47-43-35-31-27-23-19-15-11-7-3/h9-10,13-14,21-23,25-27,33-38,40,42-44,46,48,50,52,60,64,81-83,88H,5-8,11-12,15-20,24,28-32,39,41,45,47,49,51,53-59,61-63,65-80H2,1-4H3,(H,93,94)(H,95,96)/b13-9-,14-10-,25-21-,26-22-,27-23-,37-33-,38-34-,42-40-,43-35-,44-36-,50-46-,52-48-,64-60-. The molecule has 0 aromatic carbocycles. The van der Waals surface area contributed by atoms with E-state index in [0.29, 0.717) is 32.1 Å². The van der Waals surface area contributed by atoms with E-state index in [9.17, 15) is 43.2 Å². The van der Waals surface area contributed by atoms with Crippen LogP contribution >= 0.6 is 15.6 Å². The van der Waals surface area contributed by atoms with Gasteiger partial charge in [0, 0.05) is 25.7 Å². The third-order valence-corrected chi connectivity index (χ3v) is 18.4. The molecule has 0 fully saturated rings. The van der Waals surface area contributed by atoms with Crippen LogP contribution in [0.2, 0.25) is 0 Å². The van der Waals surface area contributed by atoms with Crippen LogP contribution < -0.4 is 0 Å². The van der Waals surface area contributed by atoms with Crippen LogP contribution in [-0.2, 0) is 65.4 Å². The lowest BCUT2D eigenvalue weighted by Gasteiger charge is -2.21. The summed E-state index contributed by atoms with van der Waals surface area (Å²) in [4.78, 5) is 73.1.